The molecule has 2 aromatic rings. The van der Waals surface area contributed by atoms with Gasteiger partial charge in [-0.1, -0.05) is 0 Å². The predicted molar refractivity (Wildman–Crippen MR) is 92.0 cm³/mol. The Morgan fingerprint density at radius 1 is 1.21 bits per heavy atom. The molecule has 0 saturated heterocycles. The Labute approximate surface area is 142 Å². The zero-order valence-corrected chi connectivity index (χ0v) is 13.8. The molecule has 7 nitrogen and oxygen atoms in total. The van der Waals surface area contributed by atoms with Crippen LogP contribution in [-0.4, -0.2) is 31.1 Å². The Kier molecular flexibility index (Phi) is 4.57. The van der Waals surface area contributed by atoms with Crippen LogP contribution in [0.5, 0.6) is 11.5 Å². The van der Waals surface area contributed by atoms with Crippen LogP contribution >= 0.6 is 11.3 Å². The molecule has 24 heavy (non-hydrogen) atoms. The lowest BCUT2D eigenvalue weighted by molar-refractivity contribution is -0.116. The molecule has 2 amide bonds. The number of anilines is 2. The van der Waals surface area contributed by atoms with E-state index in [-0.39, 0.29) is 5.91 Å². The summed E-state index contributed by atoms with van der Waals surface area (Å²) in [6.45, 7) is 2.76. The van der Waals surface area contributed by atoms with Crippen molar-refractivity contribution in [3.05, 3.63) is 35.2 Å². The third-order valence-corrected chi connectivity index (χ3v) is 4.32. The van der Waals surface area contributed by atoms with Gasteiger partial charge in [-0.15, -0.1) is 11.3 Å². The molecule has 126 valence electrons. The van der Waals surface area contributed by atoms with Gasteiger partial charge in [0.25, 0.3) is 5.91 Å². The van der Waals surface area contributed by atoms with E-state index in [1.165, 1.54) is 11.3 Å². The quantitative estimate of drug-likeness (QED) is 0.768. The van der Waals surface area contributed by atoms with Crippen LogP contribution in [0.2, 0.25) is 0 Å². The fraction of sp³-hybridized carbons (Fsp3) is 0.250. The summed E-state index contributed by atoms with van der Waals surface area (Å²) in [4.78, 5) is 23.6. The lowest BCUT2D eigenvalue weighted by Crippen LogP contribution is -2.32. The highest BCUT2D eigenvalue weighted by Gasteiger charge is 2.18. The number of primary amides is 1. The molecular formula is C16H17N3O4S. The molecule has 0 saturated carbocycles. The van der Waals surface area contributed by atoms with Crippen LogP contribution in [0.3, 0.4) is 0 Å². The first-order chi connectivity index (χ1) is 11.5. The highest BCUT2D eigenvalue weighted by molar-refractivity contribution is 7.14. The Hall–Kier alpha value is -2.74. The fourth-order valence-electron chi connectivity index (χ4n) is 2.27. The van der Waals surface area contributed by atoms with Crippen molar-refractivity contribution in [1.29, 1.82) is 0 Å². The molecule has 0 radical (unpaired) electrons. The molecule has 0 fully saturated rings. The van der Waals surface area contributed by atoms with E-state index in [2.05, 4.69) is 10.6 Å². The Morgan fingerprint density at radius 2 is 1.96 bits per heavy atom. The lowest BCUT2D eigenvalue weighted by Gasteiger charge is -2.20. The standard InChI is InChI=1S/C16H17N3O4S/c1-9(15(21)19-16-11(14(17)20)4-7-24-16)18-10-2-3-12-13(8-10)23-6-5-22-12/h2-4,7-9,18H,5-6H2,1H3,(H2,17,20)(H,19,21)/t9-/m1/s1. The minimum absolute atomic E-state index is 0.269. The van der Waals surface area contributed by atoms with Gasteiger partial charge in [0.2, 0.25) is 5.91 Å². The van der Waals surface area contributed by atoms with E-state index in [1.54, 1.807) is 30.5 Å². The highest BCUT2D eigenvalue weighted by atomic mass is 32.1. The van der Waals surface area contributed by atoms with Gasteiger partial charge in [-0.2, -0.15) is 0 Å². The van der Waals surface area contributed by atoms with Crippen molar-refractivity contribution in [3.8, 4) is 11.5 Å². The maximum absolute atomic E-state index is 12.3. The molecule has 1 aliphatic heterocycles. The second kappa shape index (κ2) is 6.79. The van der Waals surface area contributed by atoms with E-state index in [0.717, 1.165) is 5.69 Å². The van der Waals surface area contributed by atoms with E-state index in [1.807, 2.05) is 6.07 Å². The molecule has 4 N–H and O–H groups in total. The number of nitrogens with one attached hydrogen (secondary N) is 2. The van der Waals surface area contributed by atoms with Gasteiger partial charge in [-0.25, -0.2) is 0 Å². The number of nitrogens with two attached hydrogens (primary N) is 1. The van der Waals surface area contributed by atoms with E-state index in [0.29, 0.717) is 35.3 Å². The summed E-state index contributed by atoms with van der Waals surface area (Å²) < 4.78 is 11.0. The number of thiophene rings is 1. The van der Waals surface area contributed by atoms with E-state index in [9.17, 15) is 9.59 Å². The van der Waals surface area contributed by atoms with E-state index in [4.69, 9.17) is 15.2 Å². The maximum Gasteiger partial charge on any atom is 0.251 e. The minimum atomic E-state index is -0.570. The van der Waals surface area contributed by atoms with Gasteiger partial charge in [0.1, 0.15) is 24.3 Å². The van der Waals surface area contributed by atoms with Gasteiger partial charge in [0.15, 0.2) is 11.5 Å². The Balaban J connectivity index is 1.66. The number of benzene rings is 1. The van der Waals surface area contributed by atoms with Crippen LogP contribution < -0.4 is 25.8 Å². The highest BCUT2D eigenvalue weighted by Crippen LogP contribution is 2.32. The van der Waals surface area contributed by atoms with Crippen LogP contribution in [-0.2, 0) is 4.79 Å². The number of rotatable bonds is 5. The second-order valence-electron chi connectivity index (χ2n) is 5.24. The number of hydrogen-bond acceptors (Lipinski definition) is 6. The van der Waals surface area contributed by atoms with Gasteiger partial charge in [-0.3, -0.25) is 9.59 Å². The summed E-state index contributed by atoms with van der Waals surface area (Å²) in [6.07, 6.45) is 0. The molecule has 0 spiro atoms. The molecule has 1 atom stereocenters. The van der Waals surface area contributed by atoms with Gasteiger partial charge < -0.3 is 25.8 Å². The summed E-state index contributed by atoms with van der Waals surface area (Å²) in [5, 5.41) is 7.96. The van der Waals surface area contributed by atoms with Crippen LogP contribution in [0.15, 0.2) is 29.6 Å². The van der Waals surface area contributed by atoms with Crippen molar-refractivity contribution in [2.24, 2.45) is 5.73 Å². The molecular weight excluding hydrogens is 330 g/mol. The van der Waals surface area contributed by atoms with Gasteiger partial charge in [0, 0.05) is 11.8 Å². The average molecular weight is 347 g/mol. The molecule has 0 bridgehead atoms. The van der Waals surface area contributed by atoms with Crippen molar-refractivity contribution in [3.63, 3.8) is 0 Å². The monoisotopic (exact) mass is 347 g/mol. The first-order valence-electron chi connectivity index (χ1n) is 7.39. The first kappa shape index (κ1) is 16.1. The van der Waals surface area contributed by atoms with Gasteiger partial charge in [0.05, 0.1) is 5.56 Å². The molecule has 2 heterocycles. The molecule has 1 aromatic heterocycles. The Bertz CT molecular complexity index is 774. The lowest BCUT2D eigenvalue weighted by atomic mass is 10.2. The topological polar surface area (TPSA) is 103 Å². The Morgan fingerprint density at radius 3 is 2.71 bits per heavy atom. The first-order valence-corrected chi connectivity index (χ1v) is 8.27. The van der Waals surface area contributed by atoms with Gasteiger partial charge >= 0.3 is 0 Å². The number of carbonyl (C=O) groups is 2. The molecule has 3 rings (SSSR count). The molecule has 8 heteroatoms. The van der Waals surface area contributed by atoms with Crippen LogP contribution in [0, 0.1) is 0 Å². The number of ether oxygens (including phenoxy) is 2. The number of fused-ring (bicyclic) bond motifs is 1. The molecule has 0 aliphatic carbocycles. The number of hydrogen-bond donors (Lipinski definition) is 3. The average Bonchev–Trinajstić information content (AvgIpc) is 3.03. The van der Waals surface area contributed by atoms with Crippen LogP contribution in [0.25, 0.3) is 0 Å². The third kappa shape index (κ3) is 3.43. The van der Waals surface area contributed by atoms with Gasteiger partial charge in [-0.05, 0) is 30.5 Å². The number of amides is 2. The smallest absolute Gasteiger partial charge is 0.251 e. The second-order valence-corrected chi connectivity index (χ2v) is 6.16. The van der Waals surface area contributed by atoms with Crippen molar-refractivity contribution in [2.45, 2.75) is 13.0 Å². The third-order valence-electron chi connectivity index (χ3n) is 3.49. The summed E-state index contributed by atoms with van der Waals surface area (Å²) in [5.74, 6) is 0.496. The van der Waals surface area contributed by atoms with Crippen molar-refractivity contribution in [1.82, 2.24) is 0 Å². The zero-order valence-electron chi connectivity index (χ0n) is 13.0. The van der Waals surface area contributed by atoms with Crippen LogP contribution in [0.1, 0.15) is 17.3 Å². The summed E-state index contributed by atoms with van der Waals surface area (Å²) >= 11 is 1.25. The minimum Gasteiger partial charge on any atom is -0.486 e. The van der Waals surface area contributed by atoms with Crippen molar-refractivity contribution < 1.29 is 19.1 Å². The molecule has 1 aliphatic rings. The van der Waals surface area contributed by atoms with Crippen molar-refractivity contribution >= 4 is 33.8 Å². The fourth-order valence-corrected chi connectivity index (χ4v) is 3.06. The largest absolute Gasteiger partial charge is 0.486 e. The SMILES string of the molecule is C[C@@H](Nc1ccc2c(c1)OCCO2)C(=O)Nc1sccc1C(N)=O. The summed E-state index contributed by atoms with van der Waals surface area (Å²) in [5.41, 5.74) is 6.32. The molecule has 1 aromatic carbocycles. The normalized spacial score (nSPS) is 13.9. The summed E-state index contributed by atoms with van der Waals surface area (Å²) in [6, 6.07) is 6.47. The summed E-state index contributed by atoms with van der Waals surface area (Å²) in [7, 11) is 0. The predicted octanol–water partition coefficient (Wildman–Crippen LogP) is 2.06. The zero-order chi connectivity index (χ0) is 17.1. The van der Waals surface area contributed by atoms with Crippen molar-refractivity contribution in [2.75, 3.05) is 23.8 Å². The van der Waals surface area contributed by atoms with Crippen LogP contribution in [0.4, 0.5) is 10.7 Å². The maximum atomic E-state index is 12.3. The molecule has 0 unspecified atom stereocenters. The van der Waals surface area contributed by atoms with E-state index >= 15 is 0 Å². The van der Waals surface area contributed by atoms with E-state index < -0.39 is 11.9 Å². The number of carbonyl (C=O) groups excluding carboxylic acids is 2.